The zero-order valence-corrected chi connectivity index (χ0v) is 16.5. The van der Waals surface area contributed by atoms with Crippen LogP contribution in [0.25, 0.3) is 0 Å². The van der Waals surface area contributed by atoms with Crippen molar-refractivity contribution in [3.63, 3.8) is 0 Å². The van der Waals surface area contributed by atoms with Crippen LogP contribution >= 0.6 is 0 Å². The van der Waals surface area contributed by atoms with E-state index in [1.54, 1.807) is 6.08 Å². The fourth-order valence-electron chi connectivity index (χ4n) is 2.76. The summed E-state index contributed by atoms with van der Waals surface area (Å²) in [6.45, 7) is 16.8. The minimum Gasteiger partial charge on any atom is -0.463 e. The van der Waals surface area contributed by atoms with Gasteiger partial charge in [0.15, 0.2) is 8.32 Å². The van der Waals surface area contributed by atoms with Gasteiger partial charge in [-0.3, -0.25) is 0 Å². The second-order valence-electron chi connectivity index (χ2n) is 7.96. The average Bonchev–Trinajstić information content (AvgIpc) is 2.77. The van der Waals surface area contributed by atoms with Gasteiger partial charge in [0.25, 0.3) is 0 Å². The van der Waals surface area contributed by atoms with E-state index in [9.17, 15) is 4.79 Å². The molecule has 0 aromatic rings. The van der Waals surface area contributed by atoms with E-state index in [4.69, 9.17) is 9.16 Å². The summed E-state index contributed by atoms with van der Waals surface area (Å²) in [4.78, 5) is 11.6. The number of hydrogen-bond donors (Lipinski definition) is 0. The maximum Gasteiger partial charge on any atom is 0.330 e. The molecule has 0 amide bonds. The Balaban J connectivity index is 2.65. The van der Waals surface area contributed by atoms with Gasteiger partial charge in [-0.05, 0) is 49.7 Å². The summed E-state index contributed by atoms with van der Waals surface area (Å²) >= 11 is 0. The lowest BCUT2D eigenvalue weighted by atomic mass is 9.95. The molecule has 128 valence electrons. The summed E-state index contributed by atoms with van der Waals surface area (Å²) < 4.78 is 11.4. The van der Waals surface area contributed by atoms with E-state index in [0.29, 0.717) is 18.4 Å². The van der Waals surface area contributed by atoms with Gasteiger partial charge in [0.2, 0.25) is 0 Å². The molecule has 4 heteroatoms. The molecule has 0 N–H and O–H groups in total. The maximum absolute atomic E-state index is 11.6. The minimum absolute atomic E-state index is 0.196. The molecule has 1 saturated carbocycles. The van der Waals surface area contributed by atoms with Crippen LogP contribution in [-0.4, -0.2) is 27.5 Å². The third-order valence-corrected chi connectivity index (χ3v) is 9.81. The Labute approximate surface area is 137 Å². The lowest BCUT2D eigenvalue weighted by Crippen LogP contribution is -2.42. The van der Waals surface area contributed by atoms with E-state index in [1.165, 1.54) is 5.57 Å². The third-order valence-electron chi connectivity index (χ3n) is 5.31. The van der Waals surface area contributed by atoms with Crippen LogP contribution in [0.4, 0.5) is 0 Å². The van der Waals surface area contributed by atoms with Crippen molar-refractivity contribution in [2.75, 3.05) is 13.2 Å². The molecule has 1 fully saturated rings. The van der Waals surface area contributed by atoms with Crippen LogP contribution in [-0.2, 0) is 14.0 Å². The fourth-order valence-corrected chi connectivity index (χ4v) is 3.83. The second kappa shape index (κ2) is 7.78. The lowest BCUT2D eigenvalue weighted by molar-refractivity contribution is -0.137. The molecule has 22 heavy (non-hydrogen) atoms. The number of allylic oxidation sites excluding steroid dienone is 1. The van der Waals surface area contributed by atoms with Crippen LogP contribution in [0.3, 0.4) is 0 Å². The zero-order valence-electron chi connectivity index (χ0n) is 15.5. The Kier molecular flexibility index (Phi) is 6.87. The van der Waals surface area contributed by atoms with Crippen molar-refractivity contribution in [1.82, 2.24) is 0 Å². The predicted molar refractivity (Wildman–Crippen MR) is 94.4 cm³/mol. The highest BCUT2D eigenvalue weighted by Gasteiger charge is 2.39. The normalized spacial score (nSPS) is 24.8. The molecule has 1 rings (SSSR count). The van der Waals surface area contributed by atoms with E-state index >= 15 is 0 Å². The minimum atomic E-state index is -1.69. The summed E-state index contributed by atoms with van der Waals surface area (Å²) in [5.41, 5.74) is 1.23. The third kappa shape index (κ3) is 5.23. The van der Waals surface area contributed by atoms with Crippen molar-refractivity contribution in [3.8, 4) is 0 Å². The van der Waals surface area contributed by atoms with Crippen molar-refractivity contribution in [2.24, 2.45) is 11.8 Å². The molecule has 0 aromatic heterocycles. The first-order valence-corrected chi connectivity index (χ1v) is 11.5. The molecular weight excluding hydrogens is 292 g/mol. The average molecular weight is 327 g/mol. The van der Waals surface area contributed by atoms with E-state index in [1.807, 2.05) is 6.92 Å². The number of hydrogen-bond acceptors (Lipinski definition) is 3. The van der Waals surface area contributed by atoms with Crippen LogP contribution in [0.2, 0.25) is 18.1 Å². The SMILES string of the molecule is CCOC(=O)/C=C1/C[C@@H](CC)[C@@H](CO[Si](C)(C)C(C)(C)C)C1. The van der Waals surface area contributed by atoms with Gasteiger partial charge in [-0.2, -0.15) is 0 Å². The molecule has 0 saturated heterocycles. The summed E-state index contributed by atoms with van der Waals surface area (Å²) in [6.07, 6.45) is 4.84. The highest BCUT2D eigenvalue weighted by molar-refractivity contribution is 6.74. The van der Waals surface area contributed by atoms with E-state index in [-0.39, 0.29) is 11.0 Å². The molecule has 0 spiro atoms. The van der Waals surface area contributed by atoms with Crippen LogP contribution in [0, 0.1) is 11.8 Å². The molecule has 2 atom stereocenters. The zero-order chi connectivity index (χ0) is 17.0. The smallest absolute Gasteiger partial charge is 0.330 e. The monoisotopic (exact) mass is 326 g/mol. The molecule has 3 nitrogen and oxygen atoms in total. The van der Waals surface area contributed by atoms with E-state index in [2.05, 4.69) is 40.8 Å². The second-order valence-corrected chi connectivity index (χ2v) is 12.8. The first kappa shape index (κ1) is 19.4. The summed E-state index contributed by atoms with van der Waals surface area (Å²) in [5, 5.41) is 0.247. The first-order valence-electron chi connectivity index (χ1n) is 8.60. The van der Waals surface area contributed by atoms with Crippen molar-refractivity contribution >= 4 is 14.3 Å². The van der Waals surface area contributed by atoms with Crippen LogP contribution in [0.15, 0.2) is 11.6 Å². The highest BCUT2D eigenvalue weighted by Crippen LogP contribution is 2.41. The first-order chi connectivity index (χ1) is 10.1. The Bertz CT molecular complexity index is 407. The quantitative estimate of drug-likeness (QED) is 0.394. The number of rotatable bonds is 6. The van der Waals surface area contributed by atoms with Gasteiger partial charge in [0.05, 0.1) is 6.61 Å². The van der Waals surface area contributed by atoms with E-state index < -0.39 is 8.32 Å². The lowest BCUT2D eigenvalue weighted by Gasteiger charge is -2.37. The van der Waals surface area contributed by atoms with E-state index in [0.717, 1.165) is 25.9 Å². The molecule has 1 aliphatic carbocycles. The van der Waals surface area contributed by atoms with Gasteiger partial charge in [-0.25, -0.2) is 4.79 Å². The van der Waals surface area contributed by atoms with Gasteiger partial charge in [0, 0.05) is 12.7 Å². The van der Waals surface area contributed by atoms with Crippen LogP contribution < -0.4 is 0 Å². The van der Waals surface area contributed by atoms with Gasteiger partial charge in [0.1, 0.15) is 0 Å². The fraction of sp³-hybridized carbons (Fsp3) is 0.833. The Morgan fingerprint density at radius 1 is 1.23 bits per heavy atom. The Morgan fingerprint density at radius 3 is 2.32 bits per heavy atom. The summed E-state index contributed by atoms with van der Waals surface area (Å²) in [7, 11) is -1.69. The van der Waals surface area contributed by atoms with Gasteiger partial charge >= 0.3 is 5.97 Å². The standard InChI is InChI=1S/C18H34O3Si/c1-8-15-10-14(12-17(19)20-9-2)11-16(15)13-21-22(6,7)18(3,4)5/h12,15-16H,8-11,13H2,1-7H3/b14-12-/t15-,16-/m1/s1. The van der Waals surface area contributed by atoms with Gasteiger partial charge in [-0.1, -0.05) is 39.7 Å². The maximum atomic E-state index is 11.6. The molecule has 0 heterocycles. The molecule has 0 unspecified atom stereocenters. The molecule has 0 bridgehead atoms. The molecule has 0 radical (unpaired) electrons. The van der Waals surface area contributed by atoms with Crippen molar-refractivity contribution in [2.45, 2.75) is 72.0 Å². The number of esters is 1. The number of ether oxygens (including phenoxy) is 1. The van der Waals surface area contributed by atoms with Gasteiger partial charge in [-0.15, -0.1) is 0 Å². The van der Waals surface area contributed by atoms with Crippen molar-refractivity contribution in [3.05, 3.63) is 11.6 Å². The highest BCUT2D eigenvalue weighted by atomic mass is 28.4. The molecule has 0 aliphatic heterocycles. The van der Waals surface area contributed by atoms with Crippen LogP contribution in [0.5, 0.6) is 0 Å². The summed E-state index contributed by atoms with van der Waals surface area (Å²) in [6, 6.07) is 0. The van der Waals surface area contributed by atoms with Crippen LogP contribution in [0.1, 0.15) is 53.9 Å². The topological polar surface area (TPSA) is 35.5 Å². The molecular formula is C18H34O3Si. The largest absolute Gasteiger partial charge is 0.463 e. The Hall–Kier alpha value is -0.613. The van der Waals surface area contributed by atoms with Crippen molar-refractivity contribution < 1.29 is 14.0 Å². The molecule has 0 aromatic carbocycles. The summed E-state index contributed by atoms with van der Waals surface area (Å²) in [5.74, 6) is 0.976. The predicted octanol–water partition coefficient (Wildman–Crippen LogP) is 4.93. The Morgan fingerprint density at radius 2 is 1.82 bits per heavy atom. The number of carbonyl (C=O) groups is 1. The number of carbonyl (C=O) groups excluding carboxylic acids is 1. The van der Waals surface area contributed by atoms with Gasteiger partial charge < -0.3 is 9.16 Å². The van der Waals surface area contributed by atoms with Crippen molar-refractivity contribution in [1.29, 1.82) is 0 Å². The molecule has 1 aliphatic rings.